The van der Waals surface area contributed by atoms with Gasteiger partial charge in [0.15, 0.2) is 5.83 Å². The van der Waals surface area contributed by atoms with Crippen LogP contribution in [0.1, 0.15) is 98.4 Å². The molecule has 0 aliphatic rings. The number of allylic oxidation sites excluding steroid dienone is 4. The van der Waals surface area contributed by atoms with Gasteiger partial charge >= 0.3 is 0 Å². The van der Waals surface area contributed by atoms with E-state index in [1.807, 2.05) is 16.9 Å². The molecule has 1 unspecified atom stereocenters. The standard InChI is InChI=1S/C31H43F2N3S/c1-10-13-14-21(11-2)19-36-34-28-23(15-16-24(29(28)35-36)31(8,9)30(5,6)7)26-18-17-25(37-26)22(12-3)27(33)20(4)32/h12,15-18,21H,10-11,13-14,19H2,1-9H3/b22-12-,27-20-. The van der Waals surface area contributed by atoms with E-state index in [4.69, 9.17) is 10.2 Å². The molecule has 3 aromatic rings. The zero-order chi connectivity index (χ0) is 27.5. The molecule has 0 radical (unpaired) electrons. The van der Waals surface area contributed by atoms with E-state index >= 15 is 0 Å². The summed E-state index contributed by atoms with van der Waals surface area (Å²) < 4.78 is 28.2. The third-order valence-electron chi connectivity index (χ3n) is 8.06. The fourth-order valence-corrected chi connectivity index (χ4v) is 5.66. The van der Waals surface area contributed by atoms with E-state index in [9.17, 15) is 8.78 Å². The van der Waals surface area contributed by atoms with Crippen LogP contribution in [0.4, 0.5) is 8.78 Å². The highest BCUT2D eigenvalue weighted by atomic mass is 32.1. The monoisotopic (exact) mass is 527 g/mol. The quantitative estimate of drug-likeness (QED) is 0.246. The largest absolute Gasteiger partial charge is 0.209 e. The lowest BCUT2D eigenvalue weighted by atomic mass is 9.65. The number of benzene rings is 1. The molecule has 0 bridgehead atoms. The van der Waals surface area contributed by atoms with Crippen LogP contribution in [0.25, 0.3) is 27.0 Å². The van der Waals surface area contributed by atoms with E-state index in [2.05, 4.69) is 60.6 Å². The Morgan fingerprint density at radius 3 is 2.27 bits per heavy atom. The van der Waals surface area contributed by atoms with Crippen molar-refractivity contribution < 1.29 is 8.78 Å². The summed E-state index contributed by atoms with van der Waals surface area (Å²) in [4.78, 5) is 3.55. The van der Waals surface area contributed by atoms with Crippen molar-refractivity contribution in [1.29, 1.82) is 0 Å². The first-order chi connectivity index (χ1) is 17.3. The summed E-state index contributed by atoms with van der Waals surface area (Å²) in [5.41, 5.74) is 4.11. The molecule has 2 heterocycles. The lowest BCUT2D eigenvalue weighted by Gasteiger charge is -2.39. The van der Waals surface area contributed by atoms with Crippen molar-refractivity contribution in [3.05, 3.63) is 52.4 Å². The third-order valence-corrected chi connectivity index (χ3v) is 9.21. The molecule has 3 nitrogen and oxygen atoms in total. The Morgan fingerprint density at radius 1 is 1.03 bits per heavy atom. The van der Waals surface area contributed by atoms with Crippen LogP contribution in [0.5, 0.6) is 0 Å². The van der Waals surface area contributed by atoms with Gasteiger partial charge in [0.25, 0.3) is 0 Å². The minimum Gasteiger partial charge on any atom is -0.209 e. The molecule has 0 N–H and O–H groups in total. The van der Waals surface area contributed by atoms with E-state index in [1.54, 1.807) is 13.0 Å². The maximum atomic E-state index is 14.5. The van der Waals surface area contributed by atoms with Gasteiger partial charge in [-0.3, -0.25) is 0 Å². The van der Waals surface area contributed by atoms with Crippen LogP contribution in [-0.2, 0) is 12.0 Å². The molecule has 0 spiro atoms. The SMILES string of the molecule is C/C=C(\C(F)=C(/C)F)c1ccc(-c2ccc(C(C)(C)C(C)(C)C)c3nn(CC(CC)CCCC)nc23)s1. The number of halogens is 2. The second-order valence-corrected chi connectivity index (χ2v) is 12.7. The normalized spacial score (nSPS) is 14.8. The zero-order valence-corrected chi connectivity index (χ0v) is 24.8. The molecule has 0 saturated carbocycles. The molecule has 37 heavy (non-hydrogen) atoms. The fraction of sp³-hybridized carbons (Fsp3) is 0.548. The van der Waals surface area contributed by atoms with Gasteiger partial charge in [0.2, 0.25) is 0 Å². The van der Waals surface area contributed by atoms with Crippen molar-refractivity contribution in [3.8, 4) is 10.4 Å². The van der Waals surface area contributed by atoms with Crippen molar-refractivity contribution in [2.75, 3.05) is 0 Å². The second kappa shape index (κ2) is 11.6. The van der Waals surface area contributed by atoms with Crippen LogP contribution in [0.3, 0.4) is 0 Å². The van der Waals surface area contributed by atoms with Crippen LogP contribution in [0.2, 0.25) is 0 Å². The summed E-state index contributed by atoms with van der Waals surface area (Å²) >= 11 is 1.45. The molecular weight excluding hydrogens is 484 g/mol. The van der Waals surface area contributed by atoms with Crippen molar-refractivity contribution in [2.45, 2.75) is 100.0 Å². The van der Waals surface area contributed by atoms with E-state index in [0.717, 1.165) is 41.4 Å². The van der Waals surface area contributed by atoms with Crippen molar-refractivity contribution in [3.63, 3.8) is 0 Å². The molecule has 1 atom stereocenters. The Balaban J connectivity index is 2.17. The molecule has 0 saturated heterocycles. The summed E-state index contributed by atoms with van der Waals surface area (Å²) in [6.07, 6.45) is 6.29. The number of unbranched alkanes of at least 4 members (excludes halogenated alkanes) is 1. The first-order valence-electron chi connectivity index (χ1n) is 13.5. The van der Waals surface area contributed by atoms with Crippen LogP contribution in [-0.4, -0.2) is 15.0 Å². The van der Waals surface area contributed by atoms with Gasteiger partial charge in [-0.05, 0) is 54.7 Å². The molecule has 0 aliphatic heterocycles. The number of thiophene rings is 1. The van der Waals surface area contributed by atoms with Crippen LogP contribution in [0.15, 0.2) is 42.0 Å². The molecule has 0 amide bonds. The average Bonchev–Trinajstić information content (AvgIpc) is 3.48. The number of hydrogen-bond donors (Lipinski definition) is 0. The van der Waals surface area contributed by atoms with Crippen LogP contribution < -0.4 is 0 Å². The van der Waals surface area contributed by atoms with Gasteiger partial charge < -0.3 is 0 Å². The highest BCUT2D eigenvalue weighted by molar-refractivity contribution is 7.16. The van der Waals surface area contributed by atoms with Gasteiger partial charge in [-0.1, -0.05) is 85.9 Å². The molecule has 3 rings (SSSR count). The van der Waals surface area contributed by atoms with Crippen LogP contribution >= 0.6 is 11.3 Å². The lowest BCUT2D eigenvalue weighted by molar-refractivity contribution is 0.227. The van der Waals surface area contributed by atoms with Gasteiger partial charge in [-0.2, -0.15) is 15.0 Å². The van der Waals surface area contributed by atoms with E-state index in [1.165, 1.54) is 36.2 Å². The minimum atomic E-state index is -0.813. The van der Waals surface area contributed by atoms with Gasteiger partial charge in [-0.15, -0.1) is 11.3 Å². The van der Waals surface area contributed by atoms with Gasteiger partial charge in [0.05, 0.1) is 6.54 Å². The number of hydrogen-bond acceptors (Lipinski definition) is 3. The maximum absolute atomic E-state index is 14.5. The predicted molar refractivity (Wildman–Crippen MR) is 155 cm³/mol. The predicted octanol–water partition coefficient (Wildman–Crippen LogP) is 10.3. The molecule has 1 aromatic carbocycles. The summed E-state index contributed by atoms with van der Waals surface area (Å²) in [5, 5.41) is 10.1. The molecular formula is C31H43F2N3S. The summed E-state index contributed by atoms with van der Waals surface area (Å²) in [6.45, 7) is 19.5. The molecule has 6 heteroatoms. The summed E-state index contributed by atoms with van der Waals surface area (Å²) in [6, 6.07) is 8.14. The van der Waals surface area contributed by atoms with E-state index in [-0.39, 0.29) is 16.4 Å². The van der Waals surface area contributed by atoms with E-state index in [0.29, 0.717) is 10.8 Å². The zero-order valence-electron chi connectivity index (χ0n) is 24.0. The number of fused-ring (bicyclic) bond motifs is 1. The third kappa shape index (κ3) is 6.05. The summed E-state index contributed by atoms with van der Waals surface area (Å²) in [5.74, 6) is -1.09. The van der Waals surface area contributed by atoms with Crippen LogP contribution in [0, 0.1) is 11.3 Å². The van der Waals surface area contributed by atoms with Gasteiger partial charge in [0.1, 0.15) is 16.9 Å². The first-order valence-corrected chi connectivity index (χ1v) is 14.3. The number of rotatable bonds is 10. The van der Waals surface area contributed by atoms with Crippen molar-refractivity contribution >= 4 is 27.9 Å². The highest BCUT2D eigenvalue weighted by Gasteiger charge is 2.37. The molecule has 202 valence electrons. The minimum absolute atomic E-state index is 0.0172. The topological polar surface area (TPSA) is 30.7 Å². The summed E-state index contributed by atoms with van der Waals surface area (Å²) in [7, 11) is 0. The molecule has 0 aliphatic carbocycles. The smallest absolute Gasteiger partial charge is 0.162 e. The Bertz CT molecular complexity index is 1280. The van der Waals surface area contributed by atoms with Gasteiger partial charge in [-0.25, -0.2) is 8.78 Å². The average molecular weight is 528 g/mol. The van der Waals surface area contributed by atoms with E-state index < -0.39 is 11.7 Å². The molecule has 2 aromatic heterocycles. The Hall–Kier alpha value is -2.34. The van der Waals surface area contributed by atoms with Gasteiger partial charge in [0, 0.05) is 20.9 Å². The number of aromatic nitrogens is 3. The highest BCUT2D eigenvalue weighted by Crippen LogP contribution is 2.45. The first kappa shape index (κ1) is 29.2. The van der Waals surface area contributed by atoms with Crippen molar-refractivity contribution in [2.24, 2.45) is 11.3 Å². The van der Waals surface area contributed by atoms with Crippen molar-refractivity contribution in [1.82, 2.24) is 15.0 Å². The fourth-order valence-electron chi connectivity index (χ4n) is 4.56. The Morgan fingerprint density at radius 2 is 1.70 bits per heavy atom. The number of nitrogens with zero attached hydrogens (tertiary/aromatic N) is 3. The Labute approximate surface area is 225 Å². The second-order valence-electron chi connectivity index (χ2n) is 11.6. The lowest BCUT2D eigenvalue weighted by Crippen LogP contribution is -2.34. The molecule has 0 fully saturated rings. The Kier molecular flexibility index (Phi) is 9.15. The maximum Gasteiger partial charge on any atom is 0.162 e.